The third-order valence-corrected chi connectivity index (χ3v) is 9.43. The molecule has 0 fully saturated rings. The predicted octanol–water partition coefficient (Wildman–Crippen LogP) is 9.93. The highest BCUT2D eigenvalue weighted by molar-refractivity contribution is 7.85. The van der Waals surface area contributed by atoms with Crippen molar-refractivity contribution in [3.63, 3.8) is 0 Å². The number of hydrogen-bond donors (Lipinski definition) is 4. The molecule has 4 N–H and O–H groups in total. The van der Waals surface area contributed by atoms with Crippen LogP contribution in [0, 0.1) is 0 Å². The maximum Gasteiger partial charge on any atom is 0.267 e. The van der Waals surface area contributed by atoms with E-state index in [0.29, 0.717) is 12.8 Å². The van der Waals surface area contributed by atoms with Crippen molar-refractivity contribution in [3.8, 4) is 0 Å². The average molecular weight is 684 g/mol. The quantitative estimate of drug-likeness (QED) is 0.0304. The Labute approximate surface area is 289 Å². The van der Waals surface area contributed by atoms with E-state index in [-0.39, 0.29) is 6.42 Å². The van der Waals surface area contributed by atoms with Crippen LogP contribution >= 0.6 is 0 Å². The van der Waals surface area contributed by atoms with Gasteiger partial charge < -0.3 is 15.5 Å². The van der Waals surface area contributed by atoms with E-state index in [1.807, 2.05) is 0 Å². The first-order valence-corrected chi connectivity index (χ1v) is 20.9. The second-order valence-corrected chi connectivity index (χ2v) is 14.8. The molecule has 0 saturated heterocycles. The maximum atomic E-state index is 12.5. The Morgan fingerprint density at radius 1 is 0.574 bits per heavy atom. The van der Waals surface area contributed by atoms with Crippen LogP contribution in [0.5, 0.6) is 0 Å². The van der Waals surface area contributed by atoms with E-state index < -0.39 is 40.0 Å². The Balaban J connectivity index is 4.15. The number of aliphatic hydroxyl groups excluding tert-OH is 2. The molecule has 276 valence electrons. The number of allylic oxidation sites excluding steroid dienone is 5. The zero-order valence-corrected chi connectivity index (χ0v) is 31.1. The highest BCUT2D eigenvalue weighted by Gasteiger charge is 2.27. The highest BCUT2D eigenvalue weighted by atomic mass is 32.2. The lowest BCUT2D eigenvalue weighted by molar-refractivity contribution is -0.130. The molecule has 7 nitrogen and oxygen atoms in total. The molecule has 0 radical (unpaired) electrons. The van der Waals surface area contributed by atoms with Crippen molar-refractivity contribution in [2.45, 2.75) is 199 Å². The van der Waals surface area contributed by atoms with Crippen LogP contribution in [0.15, 0.2) is 36.5 Å². The summed E-state index contributed by atoms with van der Waals surface area (Å²) in [6.07, 6.45) is 39.1. The van der Waals surface area contributed by atoms with Gasteiger partial charge in [0.25, 0.3) is 10.1 Å². The van der Waals surface area contributed by atoms with Crippen molar-refractivity contribution < 1.29 is 28.0 Å². The van der Waals surface area contributed by atoms with Gasteiger partial charge in [-0.2, -0.15) is 8.42 Å². The molecular weight excluding hydrogens is 610 g/mol. The smallest absolute Gasteiger partial charge is 0.267 e. The molecule has 0 spiro atoms. The molecule has 0 aliphatic rings. The fraction of sp³-hybridized carbons (Fsp3) is 0.821. The largest absolute Gasteiger partial charge is 0.387 e. The van der Waals surface area contributed by atoms with Crippen molar-refractivity contribution in [2.24, 2.45) is 0 Å². The van der Waals surface area contributed by atoms with E-state index in [1.165, 1.54) is 115 Å². The molecule has 47 heavy (non-hydrogen) atoms. The standard InChI is InChI=1S/C39H73NO6S/c1-3-5-7-9-11-13-15-17-19-20-22-23-25-27-29-31-33-37(41)36(35-47(44,45)46)40-39(43)38(42)34-32-30-28-26-24-21-18-16-14-12-10-8-6-4-2/h14,16,23,25,31,33,36-38,41-42H,3-13,15,17-22,24,26-30,32,34-35H2,1-2H3,(H,40,43)(H,44,45,46)/b16-14-,25-23+,33-31+. The third-order valence-electron chi connectivity index (χ3n) is 8.65. The normalized spacial score (nSPS) is 14.4. The number of hydrogen-bond acceptors (Lipinski definition) is 5. The van der Waals surface area contributed by atoms with Crippen LogP contribution in [0.3, 0.4) is 0 Å². The van der Waals surface area contributed by atoms with Gasteiger partial charge in [-0.15, -0.1) is 0 Å². The minimum absolute atomic E-state index is 0.266. The fourth-order valence-electron chi connectivity index (χ4n) is 5.64. The van der Waals surface area contributed by atoms with Crippen molar-refractivity contribution in [1.29, 1.82) is 0 Å². The number of unbranched alkanes of at least 4 members (excludes halogenated alkanes) is 21. The summed E-state index contributed by atoms with van der Waals surface area (Å²) in [5, 5.41) is 23.3. The summed E-state index contributed by atoms with van der Waals surface area (Å²) in [7, 11) is -4.45. The van der Waals surface area contributed by atoms with Gasteiger partial charge in [0.05, 0.1) is 17.9 Å². The van der Waals surface area contributed by atoms with Gasteiger partial charge in [0.2, 0.25) is 5.91 Å². The summed E-state index contributed by atoms with van der Waals surface area (Å²) in [5.41, 5.74) is 0. The van der Waals surface area contributed by atoms with Crippen LogP contribution in [0.2, 0.25) is 0 Å². The Morgan fingerprint density at radius 2 is 0.957 bits per heavy atom. The van der Waals surface area contributed by atoms with E-state index in [1.54, 1.807) is 6.08 Å². The molecule has 8 heteroatoms. The van der Waals surface area contributed by atoms with Gasteiger partial charge in [0.15, 0.2) is 0 Å². The number of amides is 1. The van der Waals surface area contributed by atoms with E-state index in [4.69, 9.17) is 0 Å². The molecule has 0 aromatic heterocycles. The van der Waals surface area contributed by atoms with Crippen molar-refractivity contribution >= 4 is 16.0 Å². The Morgan fingerprint density at radius 3 is 1.43 bits per heavy atom. The van der Waals surface area contributed by atoms with Crippen LogP contribution in [0.4, 0.5) is 0 Å². The fourth-order valence-corrected chi connectivity index (χ4v) is 6.38. The molecule has 1 amide bonds. The van der Waals surface area contributed by atoms with Crippen LogP contribution in [0.1, 0.15) is 181 Å². The van der Waals surface area contributed by atoms with E-state index >= 15 is 0 Å². The molecule has 3 unspecified atom stereocenters. The number of rotatable bonds is 34. The van der Waals surface area contributed by atoms with E-state index in [9.17, 15) is 28.0 Å². The topological polar surface area (TPSA) is 124 Å². The van der Waals surface area contributed by atoms with E-state index in [0.717, 1.165) is 38.5 Å². The van der Waals surface area contributed by atoms with Gasteiger partial charge in [-0.1, -0.05) is 159 Å². The van der Waals surface area contributed by atoms with Crippen LogP contribution < -0.4 is 5.32 Å². The molecule has 0 rings (SSSR count). The highest BCUT2D eigenvalue weighted by Crippen LogP contribution is 2.13. The molecule has 0 aliphatic carbocycles. The van der Waals surface area contributed by atoms with Gasteiger partial charge in [0.1, 0.15) is 6.10 Å². The molecule has 0 heterocycles. The SMILES string of the molecule is CCCCCC/C=C\CCCCCCCCC(O)C(=O)NC(CS(=O)(=O)O)C(O)/C=C/CC/C=C/CCCCCCCCCCCC. The zero-order valence-electron chi connectivity index (χ0n) is 30.3. The number of carbonyl (C=O) groups excluding carboxylic acids is 1. The molecule has 0 bridgehead atoms. The molecule has 0 saturated carbocycles. The minimum Gasteiger partial charge on any atom is -0.387 e. The Hall–Kier alpha value is -1.48. The van der Waals surface area contributed by atoms with Gasteiger partial charge in [0, 0.05) is 0 Å². The monoisotopic (exact) mass is 684 g/mol. The first-order valence-electron chi connectivity index (χ1n) is 19.3. The van der Waals surface area contributed by atoms with Crippen molar-refractivity contribution in [2.75, 3.05) is 5.75 Å². The van der Waals surface area contributed by atoms with Crippen LogP contribution in [-0.2, 0) is 14.9 Å². The predicted molar refractivity (Wildman–Crippen MR) is 199 cm³/mol. The second-order valence-electron chi connectivity index (χ2n) is 13.3. The number of nitrogens with one attached hydrogen (secondary N) is 1. The summed E-state index contributed by atoms with van der Waals surface area (Å²) in [5.74, 6) is -1.56. The molecule has 0 aliphatic heterocycles. The number of carbonyl (C=O) groups is 1. The number of aliphatic hydroxyl groups is 2. The van der Waals surface area contributed by atoms with Gasteiger partial charge in [-0.05, 0) is 57.8 Å². The molecule has 0 aromatic carbocycles. The zero-order chi connectivity index (χ0) is 34.9. The van der Waals surface area contributed by atoms with Crippen molar-refractivity contribution in [3.05, 3.63) is 36.5 Å². The molecule has 3 atom stereocenters. The Bertz CT molecular complexity index is 901. The first kappa shape index (κ1) is 45.5. The Kier molecular flexibility index (Phi) is 32.0. The minimum atomic E-state index is -4.45. The summed E-state index contributed by atoms with van der Waals surface area (Å²) in [4.78, 5) is 12.5. The summed E-state index contributed by atoms with van der Waals surface area (Å²) >= 11 is 0. The third kappa shape index (κ3) is 32.8. The summed E-state index contributed by atoms with van der Waals surface area (Å²) < 4.78 is 32.4. The summed E-state index contributed by atoms with van der Waals surface area (Å²) in [6, 6.07) is -1.25. The summed E-state index contributed by atoms with van der Waals surface area (Å²) in [6.45, 7) is 4.48. The maximum absolute atomic E-state index is 12.5. The van der Waals surface area contributed by atoms with Crippen molar-refractivity contribution in [1.82, 2.24) is 5.32 Å². The lowest BCUT2D eigenvalue weighted by Crippen LogP contribution is -2.50. The lowest BCUT2D eigenvalue weighted by atomic mass is 10.0. The second kappa shape index (κ2) is 33.0. The molecular formula is C39H73NO6S. The average Bonchev–Trinajstić information content (AvgIpc) is 3.03. The van der Waals surface area contributed by atoms with Gasteiger partial charge in [-0.25, -0.2) is 0 Å². The van der Waals surface area contributed by atoms with Crippen LogP contribution in [-0.4, -0.2) is 53.1 Å². The van der Waals surface area contributed by atoms with Crippen LogP contribution in [0.25, 0.3) is 0 Å². The lowest BCUT2D eigenvalue weighted by Gasteiger charge is -2.22. The van der Waals surface area contributed by atoms with E-state index in [2.05, 4.69) is 43.5 Å². The van der Waals surface area contributed by atoms with Gasteiger partial charge >= 0.3 is 0 Å². The van der Waals surface area contributed by atoms with Gasteiger partial charge in [-0.3, -0.25) is 9.35 Å². The first-order chi connectivity index (χ1) is 22.7. The molecule has 0 aromatic rings.